The SMILES string of the molecule is CCOC(=O)c1ccccc1NC(=O)COc1ccccc1C(N)=O. The van der Waals surface area contributed by atoms with Crippen molar-refractivity contribution >= 4 is 23.5 Å². The average molecular weight is 342 g/mol. The topological polar surface area (TPSA) is 108 Å². The average Bonchev–Trinajstić information content (AvgIpc) is 2.60. The van der Waals surface area contributed by atoms with Crippen LogP contribution in [0, 0.1) is 0 Å². The minimum atomic E-state index is -0.649. The predicted octanol–water partition coefficient (Wildman–Crippen LogP) is 1.98. The first-order valence-electron chi connectivity index (χ1n) is 7.60. The van der Waals surface area contributed by atoms with Gasteiger partial charge in [-0.3, -0.25) is 9.59 Å². The first-order valence-corrected chi connectivity index (χ1v) is 7.60. The smallest absolute Gasteiger partial charge is 0.340 e. The Balaban J connectivity index is 2.05. The highest BCUT2D eigenvalue weighted by molar-refractivity contribution is 6.01. The highest BCUT2D eigenvalue weighted by atomic mass is 16.5. The number of anilines is 1. The van der Waals surface area contributed by atoms with Crippen molar-refractivity contribution in [2.75, 3.05) is 18.5 Å². The van der Waals surface area contributed by atoms with Crippen molar-refractivity contribution < 1.29 is 23.9 Å². The fourth-order valence-corrected chi connectivity index (χ4v) is 2.10. The molecule has 0 bridgehead atoms. The molecule has 2 rings (SSSR count). The molecular formula is C18H18N2O5. The molecular weight excluding hydrogens is 324 g/mol. The minimum Gasteiger partial charge on any atom is -0.483 e. The van der Waals surface area contributed by atoms with Gasteiger partial charge in [-0.05, 0) is 31.2 Å². The molecule has 0 saturated carbocycles. The van der Waals surface area contributed by atoms with E-state index >= 15 is 0 Å². The number of primary amides is 1. The van der Waals surface area contributed by atoms with Crippen molar-refractivity contribution in [2.45, 2.75) is 6.92 Å². The lowest BCUT2D eigenvalue weighted by molar-refractivity contribution is -0.118. The van der Waals surface area contributed by atoms with Crippen LogP contribution in [0.3, 0.4) is 0 Å². The third-order valence-corrected chi connectivity index (χ3v) is 3.21. The quantitative estimate of drug-likeness (QED) is 0.748. The van der Waals surface area contributed by atoms with Gasteiger partial charge in [0.25, 0.3) is 11.8 Å². The molecule has 0 spiro atoms. The van der Waals surface area contributed by atoms with Gasteiger partial charge in [0, 0.05) is 0 Å². The van der Waals surface area contributed by atoms with E-state index in [9.17, 15) is 14.4 Å². The zero-order valence-corrected chi connectivity index (χ0v) is 13.7. The third-order valence-electron chi connectivity index (χ3n) is 3.21. The molecule has 0 unspecified atom stereocenters. The van der Waals surface area contributed by atoms with Crippen molar-refractivity contribution in [3.63, 3.8) is 0 Å². The van der Waals surface area contributed by atoms with E-state index in [1.54, 1.807) is 49.4 Å². The molecule has 0 aliphatic heterocycles. The fourth-order valence-electron chi connectivity index (χ4n) is 2.10. The van der Waals surface area contributed by atoms with Crippen molar-refractivity contribution in [1.82, 2.24) is 0 Å². The molecule has 0 aromatic heterocycles. The number of amides is 2. The van der Waals surface area contributed by atoms with Gasteiger partial charge in [0.1, 0.15) is 5.75 Å². The van der Waals surface area contributed by atoms with Gasteiger partial charge in [0.2, 0.25) is 0 Å². The van der Waals surface area contributed by atoms with Gasteiger partial charge >= 0.3 is 5.97 Å². The Hall–Kier alpha value is -3.35. The number of ether oxygens (including phenoxy) is 2. The molecule has 0 fully saturated rings. The van der Waals surface area contributed by atoms with E-state index in [4.69, 9.17) is 15.2 Å². The van der Waals surface area contributed by atoms with Gasteiger partial charge in [0.05, 0.1) is 23.4 Å². The van der Waals surface area contributed by atoms with Crippen LogP contribution in [0.5, 0.6) is 5.75 Å². The lowest BCUT2D eigenvalue weighted by atomic mass is 10.2. The summed E-state index contributed by atoms with van der Waals surface area (Å²) in [6.07, 6.45) is 0. The molecule has 0 saturated heterocycles. The number of hydrogen-bond donors (Lipinski definition) is 2. The molecule has 130 valence electrons. The molecule has 2 aromatic carbocycles. The zero-order valence-electron chi connectivity index (χ0n) is 13.7. The summed E-state index contributed by atoms with van der Waals surface area (Å²) in [5.74, 6) is -1.46. The Bertz CT molecular complexity index is 789. The van der Waals surface area contributed by atoms with Gasteiger partial charge in [-0.1, -0.05) is 24.3 Å². The summed E-state index contributed by atoms with van der Waals surface area (Å²) >= 11 is 0. The van der Waals surface area contributed by atoms with Crippen LogP contribution in [-0.4, -0.2) is 31.0 Å². The van der Waals surface area contributed by atoms with Gasteiger partial charge in [-0.25, -0.2) is 4.79 Å². The molecule has 0 aliphatic carbocycles. The number of carbonyl (C=O) groups is 3. The first kappa shape index (κ1) is 18.0. The second-order valence-corrected chi connectivity index (χ2v) is 4.96. The molecule has 7 heteroatoms. The van der Waals surface area contributed by atoms with Gasteiger partial charge < -0.3 is 20.5 Å². The molecule has 25 heavy (non-hydrogen) atoms. The molecule has 2 amide bonds. The van der Waals surface area contributed by atoms with Gasteiger partial charge in [-0.15, -0.1) is 0 Å². The second-order valence-electron chi connectivity index (χ2n) is 4.96. The highest BCUT2D eigenvalue weighted by Crippen LogP contribution is 2.18. The molecule has 7 nitrogen and oxygen atoms in total. The summed E-state index contributed by atoms with van der Waals surface area (Å²) in [5, 5.41) is 2.59. The number of para-hydroxylation sites is 2. The maximum absolute atomic E-state index is 12.1. The molecule has 0 aliphatic rings. The van der Waals surface area contributed by atoms with Gasteiger partial charge in [-0.2, -0.15) is 0 Å². The van der Waals surface area contributed by atoms with E-state index in [1.165, 1.54) is 6.07 Å². The molecule has 0 heterocycles. The molecule has 2 aromatic rings. The molecule has 0 radical (unpaired) electrons. The Kier molecular flexibility index (Phi) is 6.11. The maximum Gasteiger partial charge on any atom is 0.340 e. The van der Waals surface area contributed by atoms with E-state index in [0.717, 1.165) is 0 Å². The normalized spacial score (nSPS) is 9.96. The van der Waals surface area contributed by atoms with E-state index in [0.29, 0.717) is 5.69 Å². The van der Waals surface area contributed by atoms with E-state index in [1.807, 2.05) is 0 Å². The number of rotatable bonds is 7. The lowest BCUT2D eigenvalue weighted by Crippen LogP contribution is -2.23. The number of benzene rings is 2. The van der Waals surface area contributed by atoms with E-state index < -0.39 is 17.8 Å². The molecule has 3 N–H and O–H groups in total. The Morgan fingerprint density at radius 2 is 1.64 bits per heavy atom. The zero-order chi connectivity index (χ0) is 18.2. The third kappa shape index (κ3) is 4.81. The van der Waals surface area contributed by atoms with Crippen molar-refractivity contribution in [3.05, 3.63) is 59.7 Å². The summed E-state index contributed by atoms with van der Waals surface area (Å²) in [4.78, 5) is 35.3. The summed E-state index contributed by atoms with van der Waals surface area (Å²) in [6.45, 7) is 1.58. The van der Waals surface area contributed by atoms with Crippen LogP contribution in [-0.2, 0) is 9.53 Å². The van der Waals surface area contributed by atoms with Gasteiger partial charge in [0.15, 0.2) is 6.61 Å². The van der Waals surface area contributed by atoms with Crippen LogP contribution in [0.1, 0.15) is 27.6 Å². The summed E-state index contributed by atoms with van der Waals surface area (Å²) in [6, 6.07) is 12.8. The van der Waals surface area contributed by atoms with Crippen LogP contribution in [0.15, 0.2) is 48.5 Å². The van der Waals surface area contributed by atoms with Crippen molar-refractivity contribution in [1.29, 1.82) is 0 Å². The maximum atomic E-state index is 12.1. The summed E-state index contributed by atoms with van der Waals surface area (Å²) in [5.41, 5.74) is 6.00. The molecule has 0 atom stereocenters. The number of esters is 1. The standard InChI is InChI=1S/C18H18N2O5/c1-2-24-18(23)12-7-3-5-9-14(12)20-16(21)11-25-15-10-6-4-8-13(15)17(19)22/h3-10H,2,11H2,1H3,(H2,19,22)(H,20,21). The van der Waals surface area contributed by atoms with E-state index in [-0.39, 0.29) is 30.1 Å². The van der Waals surface area contributed by atoms with Crippen LogP contribution in [0.2, 0.25) is 0 Å². The fraction of sp³-hybridized carbons (Fsp3) is 0.167. The number of hydrogen-bond acceptors (Lipinski definition) is 5. The van der Waals surface area contributed by atoms with Crippen LogP contribution < -0.4 is 15.8 Å². The minimum absolute atomic E-state index is 0.183. The van der Waals surface area contributed by atoms with E-state index in [2.05, 4.69) is 5.32 Å². The monoisotopic (exact) mass is 342 g/mol. The van der Waals surface area contributed by atoms with Crippen LogP contribution in [0.25, 0.3) is 0 Å². The van der Waals surface area contributed by atoms with Crippen LogP contribution in [0.4, 0.5) is 5.69 Å². The second kappa shape index (κ2) is 8.49. The number of nitrogens with one attached hydrogen (secondary N) is 1. The summed E-state index contributed by atoms with van der Waals surface area (Å²) < 4.78 is 10.3. The predicted molar refractivity (Wildman–Crippen MR) is 91.5 cm³/mol. The summed E-state index contributed by atoms with van der Waals surface area (Å²) in [7, 11) is 0. The number of nitrogens with two attached hydrogens (primary N) is 1. The lowest BCUT2D eigenvalue weighted by Gasteiger charge is -2.12. The van der Waals surface area contributed by atoms with Crippen molar-refractivity contribution in [3.8, 4) is 5.75 Å². The van der Waals surface area contributed by atoms with Crippen molar-refractivity contribution in [2.24, 2.45) is 5.73 Å². The Morgan fingerprint density at radius 1 is 1.00 bits per heavy atom. The number of carbonyl (C=O) groups excluding carboxylic acids is 3. The highest BCUT2D eigenvalue weighted by Gasteiger charge is 2.15. The Labute approximate surface area is 144 Å². The Morgan fingerprint density at radius 3 is 2.32 bits per heavy atom. The largest absolute Gasteiger partial charge is 0.483 e. The first-order chi connectivity index (χ1) is 12.0. The van der Waals surface area contributed by atoms with Crippen LogP contribution >= 0.6 is 0 Å².